The average Bonchev–Trinajstić information content (AvgIpc) is 3.28. The smallest absolute Gasteiger partial charge is 0.193 e. The van der Waals surface area contributed by atoms with Gasteiger partial charge in [-0.1, -0.05) is 12.8 Å². The van der Waals surface area contributed by atoms with Gasteiger partial charge in [0.2, 0.25) is 0 Å². The molecule has 0 bridgehead atoms. The van der Waals surface area contributed by atoms with Crippen LogP contribution in [0, 0.1) is 5.92 Å². The zero-order valence-corrected chi connectivity index (χ0v) is 17.6. The number of furan rings is 1. The molecule has 1 aromatic rings. The summed E-state index contributed by atoms with van der Waals surface area (Å²) < 4.78 is 10.9. The predicted octanol–water partition coefficient (Wildman–Crippen LogP) is 3.69. The minimum Gasteiger partial charge on any atom is -0.469 e. The van der Waals surface area contributed by atoms with Crippen LogP contribution in [0.2, 0.25) is 0 Å². The molecule has 0 atom stereocenters. The average molecular weight is 461 g/mol. The Morgan fingerprint density at radius 2 is 2.00 bits per heavy atom. The van der Waals surface area contributed by atoms with Gasteiger partial charge in [-0.05, 0) is 43.7 Å². The van der Waals surface area contributed by atoms with E-state index in [4.69, 9.17) is 14.1 Å². The number of aliphatic imine (C=N–C) groups is 1. The van der Waals surface area contributed by atoms with Crippen LogP contribution < -0.4 is 5.32 Å². The summed E-state index contributed by atoms with van der Waals surface area (Å²) in [5.74, 6) is 2.77. The molecular formula is C19H32IN3O2. The lowest BCUT2D eigenvalue weighted by atomic mass is 10.00. The van der Waals surface area contributed by atoms with Crippen LogP contribution in [-0.4, -0.2) is 50.3 Å². The lowest BCUT2D eigenvalue weighted by Crippen LogP contribution is -2.45. The van der Waals surface area contributed by atoms with Gasteiger partial charge in [-0.3, -0.25) is 4.99 Å². The van der Waals surface area contributed by atoms with Crippen molar-refractivity contribution in [2.75, 3.05) is 33.4 Å². The molecule has 0 unspecified atom stereocenters. The number of hydrogen-bond acceptors (Lipinski definition) is 3. The number of rotatable bonds is 6. The molecule has 2 heterocycles. The van der Waals surface area contributed by atoms with Crippen molar-refractivity contribution in [3.63, 3.8) is 0 Å². The Bertz CT molecular complexity index is 495. The molecule has 2 fully saturated rings. The quantitative estimate of drug-likeness (QED) is 0.399. The summed E-state index contributed by atoms with van der Waals surface area (Å²) in [6, 6.07) is 4.55. The summed E-state index contributed by atoms with van der Waals surface area (Å²) in [6.45, 7) is 3.63. The van der Waals surface area contributed by atoms with Gasteiger partial charge in [0.15, 0.2) is 5.96 Å². The van der Waals surface area contributed by atoms with Crippen molar-refractivity contribution in [3.8, 4) is 0 Å². The molecule has 0 amide bonds. The molecule has 1 saturated carbocycles. The molecular weight excluding hydrogens is 429 g/mol. The van der Waals surface area contributed by atoms with Crippen LogP contribution in [0.15, 0.2) is 27.8 Å². The molecule has 142 valence electrons. The fraction of sp³-hybridized carbons (Fsp3) is 0.737. The van der Waals surface area contributed by atoms with Gasteiger partial charge < -0.3 is 19.4 Å². The van der Waals surface area contributed by atoms with Crippen molar-refractivity contribution in [2.24, 2.45) is 10.9 Å². The summed E-state index contributed by atoms with van der Waals surface area (Å²) >= 11 is 0. The maximum atomic E-state index is 5.48. The van der Waals surface area contributed by atoms with E-state index < -0.39 is 0 Å². The minimum absolute atomic E-state index is 0. The van der Waals surface area contributed by atoms with E-state index in [1.807, 2.05) is 12.1 Å². The number of hydrogen-bond donors (Lipinski definition) is 1. The molecule has 2 aliphatic rings. The van der Waals surface area contributed by atoms with E-state index in [0.29, 0.717) is 12.0 Å². The lowest BCUT2D eigenvalue weighted by Gasteiger charge is -2.30. The van der Waals surface area contributed by atoms with Crippen molar-refractivity contribution < 1.29 is 9.15 Å². The maximum absolute atomic E-state index is 5.48. The van der Waals surface area contributed by atoms with Crippen LogP contribution in [0.5, 0.6) is 0 Å². The number of ether oxygens (including phenoxy) is 1. The van der Waals surface area contributed by atoms with Crippen LogP contribution in [0.25, 0.3) is 0 Å². The monoisotopic (exact) mass is 461 g/mol. The van der Waals surface area contributed by atoms with Crippen molar-refractivity contribution in [1.29, 1.82) is 0 Å². The van der Waals surface area contributed by atoms with Gasteiger partial charge in [-0.25, -0.2) is 0 Å². The van der Waals surface area contributed by atoms with E-state index in [1.165, 1.54) is 25.7 Å². The topological polar surface area (TPSA) is 50.0 Å². The van der Waals surface area contributed by atoms with E-state index in [1.54, 1.807) is 6.26 Å². The molecule has 3 rings (SSSR count). The third kappa shape index (κ3) is 6.81. The Balaban J connectivity index is 0.00000225. The number of guanidine groups is 1. The molecule has 1 N–H and O–H groups in total. The van der Waals surface area contributed by atoms with Gasteiger partial charge in [0.25, 0.3) is 0 Å². The SMILES string of the molecule is CN(CC1CCOCC1)C(=NCCc1ccco1)NC1CCCC1.I. The second kappa shape index (κ2) is 11.1. The third-order valence-electron chi connectivity index (χ3n) is 5.12. The van der Waals surface area contributed by atoms with E-state index in [9.17, 15) is 0 Å². The summed E-state index contributed by atoms with van der Waals surface area (Å²) in [5.41, 5.74) is 0. The number of halogens is 1. The van der Waals surface area contributed by atoms with Crippen LogP contribution in [-0.2, 0) is 11.2 Å². The summed E-state index contributed by atoms with van der Waals surface area (Å²) in [4.78, 5) is 7.18. The Morgan fingerprint density at radius 3 is 2.68 bits per heavy atom. The highest BCUT2D eigenvalue weighted by Crippen LogP contribution is 2.19. The molecule has 1 aliphatic heterocycles. The highest BCUT2D eigenvalue weighted by Gasteiger charge is 2.21. The minimum atomic E-state index is 0. The van der Waals surface area contributed by atoms with Gasteiger partial charge in [0.05, 0.1) is 6.26 Å². The summed E-state index contributed by atoms with van der Waals surface area (Å²) in [7, 11) is 2.17. The predicted molar refractivity (Wildman–Crippen MR) is 112 cm³/mol. The normalized spacial score (nSPS) is 19.6. The summed E-state index contributed by atoms with van der Waals surface area (Å²) in [5, 5.41) is 3.70. The first-order chi connectivity index (χ1) is 11.8. The Kier molecular flexibility index (Phi) is 9.09. The van der Waals surface area contributed by atoms with Crippen LogP contribution in [0.1, 0.15) is 44.3 Å². The van der Waals surface area contributed by atoms with Crippen molar-refractivity contribution in [3.05, 3.63) is 24.2 Å². The van der Waals surface area contributed by atoms with Gasteiger partial charge >= 0.3 is 0 Å². The maximum Gasteiger partial charge on any atom is 0.193 e. The van der Waals surface area contributed by atoms with Gasteiger partial charge in [0.1, 0.15) is 5.76 Å². The van der Waals surface area contributed by atoms with Gasteiger partial charge in [-0.15, -0.1) is 24.0 Å². The largest absolute Gasteiger partial charge is 0.469 e. The van der Waals surface area contributed by atoms with Crippen LogP contribution in [0.3, 0.4) is 0 Å². The standard InChI is InChI=1S/C19H31N3O2.HI/c1-22(15-16-9-13-23-14-10-16)19(21-17-5-2-3-6-17)20-11-8-18-7-4-12-24-18;/h4,7,12,16-17H,2-3,5-6,8-11,13-15H2,1H3,(H,20,21);1H. The molecule has 1 aliphatic carbocycles. The Morgan fingerprint density at radius 1 is 1.24 bits per heavy atom. The first-order valence-electron chi connectivity index (χ1n) is 9.43. The zero-order valence-electron chi connectivity index (χ0n) is 15.3. The van der Waals surface area contributed by atoms with E-state index in [2.05, 4.69) is 17.3 Å². The van der Waals surface area contributed by atoms with E-state index in [0.717, 1.165) is 57.3 Å². The molecule has 0 aromatic carbocycles. The lowest BCUT2D eigenvalue weighted by molar-refractivity contribution is 0.0609. The molecule has 0 radical (unpaired) electrons. The molecule has 0 spiro atoms. The van der Waals surface area contributed by atoms with Crippen LogP contribution in [0.4, 0.5) is 0 Å². The van der Waals surface area contributed by atoms with Crippen LogP contribution >= 0.6 is 24.0 Å². The molecule has 1 saturated heterocycles. The second-order valence-electron chi connectivity index (χ2n) is 7.10. The Labute approximate surface area is 168 Å². The first kappa shape index (κ1) is 20.6. The Hall–Kier alpha value is -0.760. The third-order valence-corrected chi connectivity index (χ3v) is 5.12. The van der Waals surface area contributed by atoms with Gasteiger partial charge in [-0.2, -0.15) is 0 Å². The van der Waals surface area contributed by atoms with Crippen molar-refractivity contribution in [2.45, 2.75) is 51.0 Å². The first-order valence-corrected chi connectivity index (χ1v) is 9.43. The molecule has 6 heteroatoms. The molecule has 1 aromatic heterocycles. The second-order valence-corrected chi connectivity index (χ2v) is 7.10. The van der Waals surface area contributed by atoms with E-state index >= 15 is 0 Å². The zero-order chi connectivity index (χ0) is 16.6. The fourth-order valence-electron chi connectivity index (χ4n) is 3.66. The van der Waals surface area contributed by atoms with E-state index in [-0.39, 0.29) is 24.0 Å². The number of nitrogens with one attached hydrogen (secondary N) is 1. The number of nitrogens with zero attached hydrogens (tertiary/aromatic N) is 2. The molecule has 25 heavy (non-hydrogen) atoms. The highest BCUT2D eigenvalue weighted by atomic mass is 127. The van der Waals surface area contributed by atoms with Crippen molar-refractivity contribution in [1.82, 2.24) is 10.2 Å². The molecule has 5 nitrogen and oxygen atoms in total. The summed E-state index contributed by atoms with van der Waals surface area (Å²) in [6.07, 6.45) is 10.1. The van der Waals surface area contributed by atoms with Gasteiger partial charge in [0, 0.05) is 45.8 Å². The fourth-order valence-corrected chi connectivity index (χ4v) is 3.66. The van der Waals surface area contributed by atoms with Crippen molar-refractivity contribution >= 4 is 29.9 Å². The highest BCUT2D eigenvalue weighted by molar-refractivity contribution is 14.0.